The summed E-state index contributed by atoms with van der Waals surface area (Å²) in [6, 6.07) is 1.85. The van der Waals surface area contributed by atoms with Gasteiger partial charge in [-0.25, -0.2) is 4.98 Å². The molecule has 0 saturated carbocycles. The summed E-state index contributed by atoms with van der Waals surface area (Å²) in [7, 11) is 0. The molecule has 0 fully saturated rings. The van der Waals surface area contributed by atoms with E-state index in [1.165, 1.54) is 0 Å². The average Bonchev–Trinajstić information content (AvgIpc) is 2.41. The van der Waals surface area contributed by atoms with Crippen molar-refractivity contribution in [3.63, 3.8) is 0 Å². The highest BCUT2D eigenvalue weighted by Gasteiger charge is 2.13. The summed E-state index contributed by atoms with van der Waals surface area (Å²) >= 11 is 0. The van der Waals surface area contributed by atoms with Crippen LogP contribution >= 0.6 is 0 Å². The third kappa shape index (κ3) is 3.94. The van der Waals surface area contributed by atoms with Crippen molar-refractivity contribution in [2.75, 3.05) is 0 Å². The first-order valence-electron chi connectivity index (χ1n) is 7.30. The first-order valence-corrected chi connectivity index (χ1v) is 7.30. The summed E-state index contributed by atoms with van der Waals surface area (Å²) in [5.41, 5.74) is 2.45. The first-order chi connectivity index (χ1) is 10.8. The largest absolute Gasteiger partial charge is 0.352 e. The van der Waals surface area contributed by atoms with Crippen molar-refractivity contribution in [1.82, 2.24) is 20.3 Å². The zero-order valence-electron chi connectivity index (χ0n) is 13.7. The van der Waals surface area contributed by atoms with Crippen molar-refractivity contribution in [3.8, 4) is 0 Å². The molecule has 2 aromatic rings. The Morgan fingerprint density at radius 3 is 2.35 bits per heavy atom. The van der Waals surface area contributed by atoms with Crippen LogP contribution in [-0.4, -0.2) is 20.9 Å². The van der Waals surface area contributed by atoms with E-state index in [0.29, 0.717) is 22.6 Å². The Hall–Kier alpha value is -2.70. The smallest absolute Gasteiger partial charge is 0.254 e. The van der Waals surface area contributed by atoms with E-state index in [1.54, 1.807) is 20.8 Å². The van der Waals surface area contributed by atoms with Crippen molar-refractivity contribution in [2.24, 2.45) is 0 Å². The maximum atomic E-state index is 12.1. The SMILES string of the molecule is Cc1cc(C)c(CNC(=O)Cc2c(C)nc(C)[nH]c2=O)c(=O)[nH]1. The van der Waals surface area contributed by atoms with Crippen molar-refractivity contribution >= 4 is 5.91 Å². The van der Waals surface area contributed by atoms with Gasteiger partial charge in [0.05, 0.1) is 6.42 Å². The van der Waals surface area contributed by atoms with Gasteiger partial charge in [0.1, 0.15) is 5.82 Å². The Morgan fingerprint density at radius 1 is 1.09 bits per heavy atom. The van der Waals surface area contributed by atoms with Crippen LogP contribution in [0.15, 0.2) is 15.7 Å². The zero-order chi connectivity index (χ0) is 17.1. The molecule has 0 aliphatic rings. The number of aromatic amines is 2. The number of rotatable bonds is 4. The molecule has 0 spiro atoms. The highest BCUT2D eigenvalue weighted by atomic mass is 16.2. The van der Waals surface area contributed by atoms with Gasteiger partial charge in [0.15, 0.2) is 0 Å². The number of carbonyl (C=O) groups is 1. The number of nitrogens with zero attached hydrogens (tertiary/aromatic N) is 1. The molecule has 3 N–H and O–H groups in total. The molecule has 0 saturated heterocycles. The van der Waals surface area contributed by atoms with Gasteiger partial charge in [-0.2, -0.15) is 0 Å². The van der Waals surface area contributed by atoms with Gasteiger partial charge in [0.25, 0.3) is 11.1 Å². The number of carbonyl (C=O) groups excluding carboxylic acids is 1. The summed E-state index contributed by atoms with van der Waals surface area (Å²) in [4.78, 5) is 45.3. The lowest BCUT2D eigenvalue weighted by Crippen LogP contribution is -2.31. The lowest BCUT2D eigenvalue weighted by Gasteiger charge is -2.09. The van der Waals surface area contributed by atoms with Crippen molar-refractivity contribution in [2.45, 2.75) is 40.7 Å². The molecule has 2 rings (SSSR count). The summed E-state index contributed by atoms with van der Waals surface area (Å²) in [5.74, 6) is 0.183. The molecule has 1 amide bonds. The molecule has 0 aliphatic heterocycles. The van der Waals surface area contributed by atoms with E-state index < -0.39 is 0 Å². The molecule has 2 aromatic heterocycles. The fourth-order valence-electron chi connectivity index (χ4n) is 2.47. The van der Waals surface area contributed by atoms with E-state index in [2.05, 4.69) is 20.3 Å². The molecule has 7 heteroatoms. The van der Waals surface area contributed by atoms with Gasteiger partial charge in [-0.05, 0) is 39.3 Å². The van der Waals surface area contributed by atoms with E-state index in [0.717, 1.165) is 11.3 Å². The summed E-state index contributed by atoms with van der Waals surface area (Å²) in [6.07, 6.45) is -0.0722. The summed E-state index contributed by atoms with van der Waals surface area (Å²) < 4.78 is 0. The minimum Gasteiger partial charge on any atom is -0.352 e. The second kappa shape index (κ2) is 6.60. The number of hydrogen-bond acceptors (Lipinski definition) is 4. The molecular weight excluding hydrogens is 296 g/mol. The van der Waals surface area contributed by atoms with Crippen LogP contribution in [0, 0.1) is 27.7 Å². The van der Waals surface area contributed by atoms with Gasteiger partial charge < -0.3 is 15.3 Å². The molecule has 0 aromatic carbocycles. The van der Waals surface area contributed by atoms with Crippen molar-refractivity contribution in [1.29, 1.82) is 0 Å². The minimum absolute atomic E-state index is 0.0722. The van der Waals surface area contributed by atoms with E-state index in [-0.39, 0.29) is 30.0 Å². The van der Waals surface area contributed by atoms with Crippen LogP contribution in [-0.2, 0) is 17.8 Å². The molecule has 7 nitrogen and oxygen atoms in total. The molecular formula is C16H20N4O3. The number of amides is 1. The Bertz CT molecular complexity index is 865. The van der Waals surface area contributed by atoms with Gasteiger partial charge in [-0.15, -0.1) is 0 Å². The molecule has 0 radical (unpaired) electrons. The molecule has 0 bridgehead atoms. The molecule has 0 atom stereocenters. The Labute approximate surface area is 133 Å². The van der Waals surface area contributed by atoms with Gasteiger partial charge in [-0.3, -0.25) is 14.4 Å². The Balaban J connectivity index is 2.10. The average molecular weight is 316 g/mol. The number of aromatic nitrogens is 3. The van der Waals surface area contributed by atoms with Crippen molar-refractivity contribution < 1.29 is 4.79 Å². The number of nitrogens with one attached hydrogen (secondary N) is 3. The van der Waals surface area contributed by atoms with Crippen molar-refractivity contribution in [3.05, 3.63) is 60.7 Å². The van der Waals surface area contributed by atoms with Crippen LogP contribution < -0.4 is 16.4 Å². The normalized spacial score (nSPS) is 10.6. The molecule has 0 aliphatic carbocycles. The molecule has 0 unspecified atom stereocenters. The van der Waals surface area contributed by atoms with Gasteiger partial charge in [0, 0.05) is 29.1 Å². The zero-order valence-corrected chi connectivity index (χ0v) is 13.7. The molecule has 2 heterocycles. The van der Waals surface area contributed by atoms with Crippen LogP contribution in [0.5, 0.6) is 0 Å². The number of aryl methyl sites for hydroxylation is 4. The lowest BCUT2D eigenvalue weighted by atomic mass is 10.1. The third-order valence-electron chi connectivity index (χ3n) is 3.63. The monoisotopic (exact) mass is 316 g/mol. The van der Waals surface area contributed by atoms with Crippen LogP contribution in [0.2, 0.25) is 0 Å². The fraction of sp³-hybridized carbons (Fsp3) is 0.375. The Morgan fingerprint density at radius 2 is 1.74 bits per heavy atom. The Kier molecular flexibility index (Phi) is 4.78. The second-order valence-corrected chi connectivity index (χ2v) is 5.61. The quantitative estimate of drug-likeness (QED) is 0.765. The van der Waals surface area contributed by atoms with Gasteiger partial charge in [0.2, 0.25) is 5.91 Å². The standard InChI is InChI=1S/C16H20N4O3/c1-8-5-9(2)18-16(23)13(8)7-17-14(21)6-12-10(3)19-11(4)20-15(12)22/h5H,6-7H2,1-4H3,(H,17,21)(H,18,23)(H,19,20,22). The maximum absolute atomic E-state index is 12.1. The number of hydrogen-bond donors (Lipinski definition) is 3. The summed E-state index contributed by atoms with van der Waals surface area (Å²) in [5, 5.41) is 2.68. The van der Waals surface area contributed by atoms with Crippen LogP contribution in [0.4, 0.5) is 0 Å². The van der Waals surface area contributed by atoms with Gasteiger partial charge >= 0.3 is 0 Å². The van der Waals surface area contributed by atoms with E-state index in [9.17, 15) is 14.4 Å². The van der Waals surface area contributed by atoms with Crippen LogP contribution in [0.3, 0.4) is 0 Å². The molecule has 23 heavy (non-hydrogen) atoms. The van der Waals surface area contributed by atoms with Crippen LogP contribution in [0.1, 0.15) is 33.9 Å². The topological polar surface area (TPSA) is 108 Å². The van der Waals surface area contributed by atoms with E-state index in [1.807, 2.05) is 13.0 Å². The van der Waals surface area contributed by atoms with E-state index in [4.69, 9.17) is 0 Å². The van der Waals surface area contributed by atoms with Crippen LogP contribution in [0.25, 0.3) is 0 Å². The highest BCUT2D eigenvalue weighted by molar-refractivity contribution is 5.78. The van der Waals surface area contributed by atoms with Gasteiger partial charge in [-0.1, -0.05) is 0 Å². The number of pyridine rings is 1. The van der Waals surface area contributed by atoms with E-state index >= 15 is 0 Å². The number of H-pyrrole nitrogens is 2. The predicted octanol–water partition coefficient (Wildman–Crippen LogP) is 0.551. The fourth-order valence-corrected chi connectivity index (χ4v) is 2.47. The summed E-state index contributed by atoms with van der Waals surface area (Å²) in [6.45, 7) is 7.12. The lowest BCUT2D eigenvalue weighted by molar-refractivity contribution is -0.120. The second-order valence-electron chi connectivity index (χ2n) is 5.61. The third-order valence-corrected chi connectivity index (χ3v) is 3.63. The highest BCUT2D eigenvalue weighted by Crippen LogP contribution is 2.04. The first kappa shape index (κ1) is 16.7. The maximum Gasteiger partial charge on any atom is 0.254 e. The molecule has 122 valence electrons. The predicted molar refractivity (Wildman–Crippen MR) is 86.4 cm³/mol. The minimum atomic E-state index is -0.330.